The average Bonchev–Trinajstić information content (AvgIpc) is 2.35. The maximum atomic E-state index is 13.5. The Morgan fingerprint density at radius 1 is 1.29 bits per heavy atom. The molecule has 2 nitrogen and oxygen atoms in total. The number of nitrogens with two attached hydrogens (primary N) is 1. The second-order valence-corrected chi connectivity index (χ2v) is 5.13. The second kappa shape index (κ2) is 4.65. The molecular formula is C14H20FNO. The predicted octanol–water partition coefficient (Wildman–Crippen LogP) is 3.00. The Kier molecular flexibility index (Phi) is 3.38. The maximum absolute atomic E-state index is 13.5. The summed E-state index contributed by atoms with van der Waals surface area (Å²) >= 11 is 0. The van der Waals surface area contributed by atoms with E-state index in [1.165, 1.54) is 12.5 Å². The van der Waals surface area contributed by atoms with Crippen molar-refractivity contribution in [1.29, 1.82) is 0 Å². The first-order valence-electron chi connectivity index (χ1n) is 6.29. The number of benzene rings is 1. The molecular weight excluding hydrogens is 217 g/mol. The molecule has 0 saturated heterocycles. The molecule has 0 unspecified atom stereocenters. The number of phenols is 1. The van der Waals surface area contributed by atoms with Crippen LogP contribution in [0.1, 0.15) is 43.2 Å². The molecule has 0 amide bonds. The van der Waals surface area contributed by atoms with E-state index in [4.69, 9.17) is 5.73 Å². The number of phenolic OH excluding ortho intramolecular Hbond substituents is 1. The van der Waals surface area contributed by atoms with Gasteiger partial charge in [0.25, 0.3) is 0 Å². The third-order valence-electron chi connectivity index (χ3n) is 4.07. The van der Waals surface area contributed by atoms with Gasteiger partial charge in [-0.15, -0.1) is 0 Å². The molecule has 0 aliphatic heterocycles. The maximum Gasteiger partial charge on any atom is 0.165 e. The first-order chi connectivity index (χ1) is 8.10. The van der Waals surface area contributed by atoms with Crippen molar-refractivity contribution in [3.63, 3.8) is 0 Å². The fourth-order valence-electron chi connectivity index (χ4n) is 3.12. The highest BCUT2D eigenvalue weighted by atomic mass is 19.1. The minimum atomic E-state index is -0.538. The van der Waals surface area contributed by atoms with E-state index in [1.54, 1.807) is 6.07 Å². The van der Waals surface area contributed by atoms with Gasteiger partial charge in [-0.25, -0.2) is 4.39 Å². The number of halogens is 1. The molecule has 1 fully saturated rings. The smallest absolute Gasteiger partial charge is 0.165 e. The summed E-state index contributed by atoms with van der Waals surface area (Å²) in [5, 5.41) is 10.00. The molecule has 0 bridgehead atoms. The predicted molar refractivity (Wildman–Crippen MR) is 66.6 cm³/mol. The molecule has 2 rings (SSSR count). The van der Waals surface area contributed by atoms with Gasteiger partial charge in [-0.3, -0.25) is 0 Å². The van der Waals surface area contributed by atoms with Crippen LogP contribution >= 0.6 is 0 Å². The molecule has 3 N–H and O–H groups in total. The zero-order valence-electron chi connectivity index (χ0n) is 10.3. The van der Waals surface area contributed by atoms with Gasteiger partial charge in [0.2, 0.25) is 0 Å². The monoisotopic (exact) mass is 237 g/mol. The quantitative estimate of drug-likeness (QED) is 0.830. The van der Waals surface area contributed by atoms with Gasteiger partial charge in [0.1, 0.15) is 0 Å². The molecule has 3 heteroatoms. The van der Waals surface area contributed by atoms with Crippen LogP contribution in [0.2, 0.25) is 0 Å². The van der Waals surface area contributed by atoms with Crippen LogP contribution in [0.25, 0.3) is 0 Å². The van der Waals surface area contributed by atoms with E-state index >= 15 is 0 Å². The van der Waals surface area contributed by atoms with Crippen LogP contribution in [0.3, 0.4) is 0 Å². The van der Waals surface area contributed by atoms with Gasteiger partial charge in [-0.1, -0.05) is 25.3 Å². The van der Waals surface area contributed by atoms with Gasteiger partial charge in [0.05, 0.1) is 0 Å². The highest BCUT2D eigenvalue weighted by Crippen LogP contribution is 2.44. The lowest BCUT2D eigenvalue weighted by molar-refractivity contribution is 0.286. The lowest BCUT2D eigenvalue weighted by atomic mass is 9.68. The van der Waals surface area contributed by atoms with Crippen molar-refractivity contribution in [2.75, 3.05) is 6.54 Å². The molecule has 0 aromatic heterocycles. The summed E-state index contributed by atoms with van der Waals surface area (Å²) in [6.07, 6.45) is 5.30. The van der Waals surface area contributed by atoms with E-state index < -0.39 is 5.82 Å². The van der Waals surface area contributed by atoms with Crippen molar-refractivity contribution in [3.8, 4) is 5.75 Å². The molecule has 0 heterocycles. The molecule has 1 aliphatic rings. The van der Waals surface area contributed by atoms with Crippen molar-refractivity contribution >= 4 is 0 Å². The number of hydrogen-bond donors (Lipinski definition) is 2. The molecule has 94 valence electrons. The SMILES string of the molecule is Cc1ccc(F)c(O)c1C1(CN)CCCCC1. The standard InChI is InChI=1S/C14H20FNO/c1-10-5-6-11(15)13(17)12(10)14(9-16)7-3-2-4-8-14/h5-6,17H,2-4,7-9,16H2,1H3. The van der Waals surface area contributed by atoms with Crippen molar-refractivity contribution in [1.82, 2.24) is 0 Å². The Morgan fingerprint density at radius 3 is 2.53 bits per heavy atom. The van der Waals surface area contributed by atoms with Gasteiger partial charge in [-0.05, 0) is 31.4 Å². The summed E-state index contributed by atoms with van der Waals surface area (Å²) in [6, 6.07) is 3.05. The summed E-state index contributed by atoms with van der Waals surface area (Å²) in [7, 11) is 0. The number of hydrogen-bond acceptors (Lipinski definition) is 2. The Labute approximate surface area is 102 Å². The van der Waals surface area contributed by atoms with Crippen molar-refractivity contribution < 1.29 is 9.50 Å². The summed E-state index contributed by atoms with van der Waals surface area (Å²) < 4.78 is 13.5. The molecule has 1 aromatic rings. The molecule has 1 aromatic carbocycles. The van der Waals surface area contributed by atoms with Gasteiger partial charge in [-0.2, -0.15) is 0 Å². The lowest BCUT2D eigenvalue weighted by Crippen LogP contribution is -2.38. The largest absolute Gasteiger partial charge is 0.505 e. The first kappa shape index (κ1) is 12.4. The average molecular weight is 237 g/mol. The van der Waals surface area contributed by atoms with E-state index in [0.717, 1.165) is 36.8 Å². The van der Waals surface area contributed by atoms with Crippen LogP contribution in [0.5, 0.6) is 5.75 Å². The third kappa shape index (κ3) is 2.04. The Balaban J connectivity index is 2.53. The highest BCUT2D eigenvalue weighted by Gasteiger charge is 2.36. The van der Waals surface area contributed by atoms with Crippen LogP contribution in [-0.2, 0) is 5.41 Å². The minimum absolute atomic E-state index is 0.197. The molecule has 0 spiro atoms. The van der Waals surface area contributed by atoms with Crippen molar-refractivity contribution in [2.45, 2.75) is 44.4 Å². The fourth-order valence-corrected chi connectivity index (χ4v) is 3.12. The number of aromatic hydroxyl groups is 1. The van der Waals surface area contributed by atoms with E-state index in [0.29, 0.717) is 6.54 Å². The lowest BCUT2D eigenvalue weighted by Gasteiger charge is -2.38. The van der Waals surface area contributed by atoms with Gasteiger partial charge in [0.15, 0.2) is 11.6 Å². The second-order valence-electron chi connectivity index (χ2n) is 5.13. The van der Waals surface area contributed by atoms with E-state index in [9.17, 15) is 9.50 Å². The summed E-state index contributed by atoms with van der Waals surface area (Å²) in [6.45, 7) is 2.39. The number of aryl methyl sites for hydroxylation is 1. The minimum Gasteiger partial charge on any atom is -0.505 e. The van der Waals surface area contributed by atoms with Crippen LogP contribution in [0.4, 0.5) is 4.39 Å². The van der Waals surface area contributed by atoms with Crippen molar-refractivity contribution in [3.05, 3.63) is 29.1 Å². The first-order valence-corrected chi connectivity index (χ1v) is 6.29. The van der Waals surface area contributed by atoms with Crippen LogP contribution in [0, 0.1) is 12.7 Å². The topological polar surface area (TPSA) is 46.2 Å². The van der Waals surface area contributed by atoms with E-state index in [1.807, 2.05) is 6.92 Å². The zero-order chi connectivity index (χ0) is 12.5. The van der Waals surface area contributed by atoms with Crippen LogP contribution < -0.4 is 5.73 Å². The third-order valence-corrected chi connectivity index (χ3v) is 4.07. The van der Waals surface area contributed by atoms with Crippen LogP contribution in [-0.4, -0.2) is 11.7 Å². The zero-order valence-corrected chi connectivity index (χ0v) is 10.3. The Hall–Kier alpha value is -1.09. The Morgan fingerprint density at radius 2 is 1.94 bits per heavy atom. The normalized spacial score (nSPS) is 19.2. The summed E-state index contributed by atoms with van der Waals surface area (Å²) in [5.41, 5.74) is 7.37. The Bertz CT molecular complexity index is 411. The summed E-state index contributed by atoms with van der Waals surface area (Å²) in [5.74, 6) is -0.735. The molecule has 1 saturated carbocycles. The van der Waals surface area contributed by atoms with Crippen molar-refractivity contribution in [2.24, 2.45) is 5.73 Å². The van der Waals surface area contributed by atoms with E-state index in [-0.39, 0.29) is 11.2 Å². The number of rotatable bonds is 2. The van der Waals surface area contributed by atoms with Gasteiger partial charge < -0.3 is 10.8 Å². The van der Waals surface area contributed by atoms with E-state index in [2.05, 4.69) is 0 Å². The molecule has 0 atom stereocenters. The molecule has 0 radical (unpaired) electrons. The highest BCUT2D eigenvalue weighted by molar-refractivity contribution is 5.46. The van der Waals surface area contributed by atoms with Gasteiger partial charge in [0, 0.05) is 17.5 Å². The van der Waals surface area contributed by atoms with Gasteiger partial charge >= 0.3 is 0 Å². The summed E-state index contributed by atoms with van der Waals surface area (Å²) in [4.78, 5) is 0. The fraction of sp³-hybridized carbons (Fsp3) is 0.571. The molecule has 17 heavy (non-hydrogen) atoms. The van der Waals surface area contributed by atoms with Crippen LogP contribution in [0.15, 0.2) is 12.1 Å². The molecule has 1 aliphatic carbocycles.